The van der Waals surface area contributed by atoms with Gasteiger partial charge in [-0.2, -0.15) is 0 Å². The first kappa shape index (κ1) is 14.4. The fourth-order valence-electron chi connectivity index (χ4n) is 2.75. The molecule has 3 aromatic rings. The van der Waals surface area contributed by atoms with E-state index in [1.54, 1.807) is 4.68 Å². The number of rotatable bonds is 4. The summed E-state index contributed by atoms with van der Waals surface area (Å²) in [5, 5.41) is 3.30. The second-order valence-corrected chi connectivity index (χ2v) is 5.56. The van der Waals surface area contributed by atoms with E-state index in [0.29, 0.717) is 0 Å². The molecule has 1 heterocycles. The minimum atomic E-state index is 0.0459. The van der Waals surface area contributed by atoms with Crippen LogP contribution in [0.15, 0.2) is 59.4 Å². The maximum atomic E-state index is 12.8. The lowest BCUT2D eigenvalue weighted by molar-refractivity contribution is 0.842. The predicted octanol–water partition coefficient (Wildman–Crippen LogP) is 4.09. The van der Waals surface area contributed by atoms with E-state index in [-0.39, 0.29) is 5.56 Å². The third-order valence-corrected chi connectivity index (χ3v) is 3.81. The number of para-hydroxylation sites is 1. The molecule has 22 heavy (non-hydrogen) atoms. The zero-order valence-electron chi connectivity index (χ0n) is 13.0. The first-order chi connectivity index (χ1) is 10.7. The summed E-state index contributed by atoms with van der Waals surface area (Å²) in [6.07, 6.45) is 1.72. The van der Waals surface area contributed by atoms with Crippen molar-refractivity contribution in [1.29, 1.82) is 0 Å². The highest BCUT2D eigenvalue weighted by molar-refractivity contribution is 5.64. The summed E-state index contributed by atoms with van der Waals surface area (Å²) in [5.41, 5.74) is 4.95. The van der Waals surface area contributed by atoms with Gasteiger partial charge in [-0.15, -0.1) is 0 Å². The minimum Gasteiger partial charge on any atom is -0.290 e. The van der Waals surface area contributed by atoms with Crippen molar-refractivity contribution in [3.63, 3.8) is 0 Å². The Hall–Kier alpha value is -2.55. The van der Waals surface area contributed by atoms with E-state index in [1.165, 1.54) is 5.56 Å². The Morgan fingerprint density at radius 2 is 1.82 bits per heavy atom. The fraction of sp³-hybridized carbons (Fsp3) is 0.211. The number of H-pyrrole nitrogens is 1. The average molecular weight is 292 g/mol. The van der Waals surface area contributed by atoms with E-state index < -0.39 is 0 Å². The number of aromatic nitrogens is 2. The standard InChI is InChI=1S/C19H20N2O/c1-3-8-17-18(15-10-7-9-14(2)13-15)20-21(19(17)22)16-11-5-4-6-12-16/h4-7,9-13,20H,3,8H2,1-2H3. The van der Waals surface area contributed by atoms with Gasteiger partial charge in [-0.25, -0.2) is 4.68 Å². The van der Waals surface area contributed by atoms with E-state index in [4.69, 9.17) is 0 Å². The van der Waals surface area contributed by atoms with Gasteiger partial charge < -0.3 is 0 Å². The van der Waals surface area contributed by atoms with Crippen LogP contribution < -0.4 is 5.56 Å². The topological polar surface area (TPSA) is 37.8 Å². The highest BCUT2D eigenvalue weighted by Crippen LogP contribution is 2.22. The molecule has 3 rings (SSSR count). The van der Waals surface area contributed by atoms with E-state index in [0.717, 1.165) is 35.3 Å². The third kappa shape index (κ3) is 2.62. The van der Waals surface area contributed by atoms with Crippen molar-refractivity contribution in [1.82, 2.24) is 9.78 Å². The number of hydrogen-bond donors (Lipinski definition) is 1. The van der Waals surface area contributed by atoms with Crippen molar-refractivity contribution in [3.8, 4) is 16.9 Å². The van der Waals surface area contributed by atoms with Crippen LogP contribution in [0.25, 0.3) is 16.9 Å². The molecule has 0 fully saturated rings. The average Bonchev–Trinajstić information content (AvgIpc) is 2.86. The van der Waals surface area contributed by atoms with Crippen LogP contribution in [0, 0.1) is 6.92 Å². The smallest absolute Gasteiger partial charge is 0.275 e. The molecule has 0 radical (unpaired) electrons. The molecule has 0 unspecified atom stereocenters. The number of nitrogens with one attached hydrogen (secondary N) is 1. The first-order valence-electron chi connectivity index (χ1n) is 7.67. The Balaban J connectivity index is 2.20. The predicted molar refractivity (Wildman–Crippen MR) is 90.6 cm³/mol. The molecule has 0 aliphatic heterocycles. The van der Waals surface area contributed by atoms with Crippen LogP contribution >= 0.6 is 0 Å². The molecule has 0 atom stereocenters. The van der Waals surface area contributed by atoms with Gasteiger partial charge in [-0.05, 0) is 31.5 Å². The van der Waals surface area contributed by atoms with Crippen LogP contribution in [-0.4, -0.2) is 9.78 Å². The van der Waals surface area contributed by atoms with Gasteiger partial charge in [0.05, 0.1) is 11.4 Å². The Morgan fingerprint density at radius 1 is 1.05 bits per heavy atom. The van der Waals surface area contributed by atoms with Gasteiger partial charge in [-0.3, -0.25) is 9.89 Å². The normalized spacial score (nSPS) is 10.8. The Labute approximate surface area is 130 Å². The number of nitrogens with zero attached hydrogens (tertiary/aromatic N) is 1. The second-order valence-electron chi connectivity index (χ2n) is 5.56. The summed E-state index contributed by atoms with van der Waals surface area (Å²) in [7, 11) is 0. The number of aryl methyl sites for hydroxylation is 1. The molecule has 3 nitrogen and oxygen atoms in total. The Bertz CT molecular complexity index is 828. The molecule has 1 aromatic heterocycles. The molecule has 0 aliphatic carbocycles. The molecule has 0 bridgehead atoms. The molecular formula is C19H20N2O. The summed E-state index contributed by atoms with van der Waals surface area (Å²) in [6, 6.07) is 18.0. The van der Waals surface area contributed by atoms with Gasteiger partial charge in [-0.1, -0.05) is 55.3 Å². The molecular weight excluding hydrogens is 272 g/mol. The van der Waals surface area contributed by atoms with Crippen LogP contribution in [0.3, 0.4) is 0 Å². The van der Waals surface area contributed by atoms with Crippen LogP contribution in [0.1, 0.15) is 24.5 Å². The largest absolute Gasteiger partial charge is 0.290 e. The van der Waals surface area contributed by atoms with Crippen LogP contribution in [0.2, 0.25) is 0 Å². The molecule has 1 N–H and O–H groups in total. The number of hydrogen-bond acceptors (Lipinski definition) is 1. The third-order valence-electron chi connectivity index (χ3n) is 3.81. The molecule has 0 amide bonds. The van der Waals surface area contributed by atoms with Crippen LogP contribution in [0.4, 0.5) is 0 Å². The lowest BCUT2D eigenvalue weighted by Gasteiger charge is -2.03. The van der Waals surface area contributed by atoms with Crippen molar-refractivity contribution in [3.05, 3.63) is 76.1 Å². The zero-order chi connectivity index (χ0) is 15.5. The minimum absolute atomic E-state index is 0.0459. The van der Waals surface area contributed by atoms with Crippen molar-refractivity contribution in [2.45, 2.75) is 26.7 Å². The maximum Gasteiger partial charge on any atom is 0.275 e. The van der Waals surface area contributed by atoms with Crippen LogP contribution in [-0.2, 0) is 6.42 Å². The molecule has 0 saturated carbocycles. The molecule has 112 valence electrons. The van der Waals surface area contributed by atoms with E-state index in [9.17, 15) is 4.79 Å². The van der Waals surface area contributed by atoms with E-state index >= 15 is 0 Å². The monoisotopic (exact) mass is 292 g/mol. The number of aromatic amines is 1. The van der Waals surface area contributed by atoms with Crippen molar-refractivity contribution in [2.75, 3.05) is 0 Å². The van der Waals surface area contributed by atoms with Crippen molar-refractivity contribution < 1.29 is 0 Å². The summed E-state index contributed by atoms with van der Waals surface area (Å²) in [4.78, 5) is 12.8. The Kier molecular flexibility index (Phi) is 3.96. The highest BCUT2D eigenvalue weighted by Gasteiger charge is 2.15. The van der Waals surface area contributed by atoms with Gasteiger partial charge in [0.25, 0.3) is 5.56 Å². The van der Waals surface area contributed by atoms with Gasteiger partial charge in [0.2, 0.25) is 0 Å². The van der Waals surface area contributed by atoms with Crippen molar-refractivity contribution in [2.24, 2.45) is 0 Å². The lowest BCUT2D eigenvalue weighted by atomic mass is 10.0. The zero-order valence-corrected chi connectivity index (χ0v) is 13.0. The van der Waals surface area contributed by atoms with Gasteiger partial charge in [0.15, 0.2) is 0 Å². The quantitative estimate of drug-likeness (QED) is 0.772. The molecule has 3 heteroatoms. The summed E-state index contributed by atoms with van der Waals surface area (Å²) < 4.78 is 1.64. The lowest BCUT2D eigenvalue weighted by Crippen LogP contribution is -2.17. The number of benzene rings is 2. The van der Waals surface area contributed by atoms with Gasteiger partial charge in [0.1, 0.15) is 0 Å². The summed E-state index contributed by atoms with van der Waals surface area (Å²) >= 11 is 0. The Morgan fingerprint density at radius 3 is 2.50 bits per heavy atom. The van der Waals surface area contributed by atoms with E-state index in [1.807, 2.05) is 42.5 Å². The SMILES string of the molecule is CCCc1c(-c2cccc(C)c2)[nH]n(-c2ccccc2)c1=O. The van der Waals surface area contributed by atoms with Crippen molar-refractivity contribution >= 4 is 0 Å². The molecule has 0 saturated heterocycles. The second kappa shape index (κ2) is 6.06. The van der Waals surface area contributed by atoms with Gasteiger partial charge >= 0.3 is 0 Å². The summed E-state index contributed by atoms with van der Waals surface area (Å²) in [5.74, 6) is 0. The van der Waals surface area contributed by atoms with E-state index in [2.05, 4.69) is 31.1 Å². The molecule has 0 spiro atoms. The fourth-order valence-corrected chi connectivity index (χ4v) is 2.75. The first-order valence-corrected chi connectivity index (χ1v) is 7.67. The van der Waals surface area contributed by atoms with Gasteiger partial charge in [0, 0.05) is 11.1 Å². The highest BCUT2D eigenvalue weighted by atomic mass is 16.1. The maximum absolute atomic E-state index is 12.8. The molecule has 2 aromatic carbocycles. The van der Waals surface area contributed by atoms with Crippen LogP contribution in [0.5, 0.6) is 0 Å². The summed E-state index contributed by atoms with van der Waals surface area (Å²) in [6.45, 7) is 4.16. The molecule has 0 aliphatic rings.